The standard InChI is InChI=1S/C10H20N4O2/c1-11-8-10-12-9-13-14(10)4-3-5-16-7-6-15-2/h9,11H,3-8H2,1-2H3. The van der Waals surface area contributed by atoms with Gasteiger partial charge in [0.05, 0.1) is 19.8 Å². The number of ether oxygens (including phenoxy) is 2. The first-order valence-corrected chi connectivity index (χ1v) is 5.46. The molecule has 0 saturated carbocycles. The molecule has 1 N–H and O–H groups in total. The van der Waals surface area contributed by atoms with Crippen LogP contribution in [0.4, 0.5) is 0 Å². The Morgan fingerprint density at radius 3 is 3.00 bits per heavy atom. The maximum atomic E-state index is 5.37. The molecule has 16 heavy (non-hydrogen) atoms. The van der Waals surface area contributed by atoms with Crippen molar-refractivity contribution in [3.05, 3.63) is 12.2 Å². The van der Waals surface area contributed by atoms with E-state index in [4.69, 9.17) is 9.47 Å². The van der Waals surface area contributed by atoms with E-state index in [1.165, 1.54) is 0 Å². The van der Waals surface area contributed by atoms with Crippen LogP contribution in [0.2, 0.25) is 0 Å². The highest BCUT2D eigenvalue weighted by molar-refractivity contribution is 4.82. The molecule has 6 heteroatoms. The smallest absolute Gasteiger partial charge is 0.140 e. The molecule has 1 aromatic rings. The lowest BCUT2D eigenvalue weighted by atomic mass is 10.4. The minimum atomic E-state index is 0.647. The Bertz CT molecular complexity index is 278. The van der Waals surface area contributed by atoms with E-state index in [2.05, 4.69) is 15.4 Å². The molecule has 0 bridgehead atoms. The highest BCUT2D eigenvalue weighted by atomic mass is 16.5. The highest BCUT2D eigenvalue weighted by Gasteiger charge is 2.01. The predicted molar refractivity (Wildman–Crippen MR) is 60.1 cm³/mol. The molecule has 0 atom stereocenters. The van der Waals surface area contributed by atoms with Crippen LogP contribution in [0.15, 0.2) is 6.33 Å². The number of hydrogen-bond donors (Lipinski definition) is 1. The summed E-state index contributed by atoms with van der Waals surface area (Å²) in [7, 11) is 3.57. The minimum absolute atomic E-state index is 0.647. The van der Waals surface area contributed by atoms with Crippen LogP contribution in [-0.4, -0.2) is 48.7 Å². The van der Waals surface area contributed by atoms with Crippen LogP contribution >= 0.6 is 0 Å². The van der Waals surface area contributed by atoms with Crippen LogP contribution in [-0.2, 0) is 22.6 Å². The van der Waals surface area contributed by atoms with Crippen molar-refractivity contribution in [2.24, 2.45) is 0 Å². The van der Waals surface area contributed by atoms with Gasteiger partial charge in [0.2, 0.25) is 0 Å². The Morgan fingerprint density at radius 1 is 1.38 bits per heavy atom. The first kappa shape index (κ1) is 13.1. The molecule has 0 radical (unpaired) electrons. The Balaban J connectivity index is 2.13. The normalized spacial score (nSPS) is 10.9. The fourth-order valence-corrected chi connectivity index (χ4v) is 1.33. The van der Waals surface area contributed by atoms with Crippen molar-refractivity contribution in [1.29, 1.82) is 0 Å². The maximum absolute atomic E-state index is 5.37. The Morgan fingerprint density at radius 2 is 2.25 bits per heavy atom. The first-order valence-electron chi connectivity index (χ1n) is 5.46. The zero-order valence-corrected chi connectivity index (χ0v) is 9.98. The molecule has 92 valence electrons. The Hall–Kier alpha value is -0.980. The van der Waals surface area contributed by atoms with E-state index in [9.17, 15) is 0 Å². The van der Waals surface area contributed by atoms with Gasteiger partial charge in [-0.3, -0.25) is 0 Å². The molecule has 0 saturated heterocycles. The molecular formula is C10H20N4O2. The van der Waals surface area contributed by atoms with E-state index in [0.717, 1.165) is 31.9 Å². The van der Waals surface area contributed by atoms with Crippen LogP contribution in [0.3, 0.4) is 0 Å². The summed E-state index contributed by atoms with van der Waals surface area (Å²) >= 11 is 0. The molecule has 0 aliphatic rings. The lowest BCUT2D eigenvalue weighted by Crippen LogP contribution is -2.14. The van der Waals surface area contributed by atoms with Crippen molar-refractivity contribution >= 4 is 0 Å². The second kappa shape index (κ2) is 8.20. The predicted octanol–water partition coefficient (Wildman–Crippen LogP) is 0.0506. The average Bonchev–Trinajstić information content (AvgIpc) is 2.72. The van der Waals surface area contributed by atoms with Gasteiger partial charge in [0.25, 0.3) is 0 Å². The van der Waals surface area contributed by atoms with Crippen molar-refractivity contribution < 1.29 is 9.47 Å². The lowest BCUT2D eigenvalue weighted by molar-refractivity contribution is 0.0676. The van der Waals surface area contributed by atoms with Gasteiger partial charge in [0.15, 0.2) is 0 Å². The molecule has 1 aromatic heterocycles. The molecule has 0 unspecified atom stereocenters. The summed E-state index contributed by atoms with van der Waals surface area (Å²) in [5, 5.41) is 7.21. The van der Waals surface area contributed by atoms with Crippen molar-refractivity contribution in [2.45, 2.75) is 19.5 Å². The van der Waals surface area contributed by atoms with Crippen molar-refractivity contribution in [3.8, 4) is 0 Å². The monoisotopic (exact) mass is 228 g/mol. The van der Waals surface area contributed by atoms with Crippen LogP contribution in [0.25, 0.3) is 0 Å². The average molecular weight is 228 g/mol. The third-order valence-corrected chi connectivity index (χ3v) is 2.12. The van der Waals surface area contributed by atoms with Crippen molar-refractivity contribution in [2.75, 3.05) is 34.0 Å². The van der Waals surface area contributed by atoms with Crippen LogP contribution < -0.4 is 5.32 Å². The molecule has 1 rings (SSSR count). The van der Waals surface area contributed by atoms with Gasteiger partial charge in [-0.1, -0.05) is 0 Å². The number of aryl methyl sites for hydroxylation is 1. The van der Waals surface area contributed by atoms with E-state index in [-0.39, 0.29) is 0 Å². The van der Waals surface area contributed by atoms with Gasteiger partial charge in [-0.05, 0) is 13.5 Å². The summed E-state index contributed by atoms with van der Waals surface area (Å²) in [6.07, 6.45) is 2.52. The lowest BCUT2D eigenvalue weighted by Gasteiger charge is -2.06. The molecule has 1 heterocycles. The number of aromatic nitrogens is 3. The summed E-state index contributed by atoms with van der Waals surface area (Å²) in [6, 6.07) is 0. The largest absolute Gasteiger partial charge is 0.382 e. The van der Waals surface area contributed by atoms with Gasteiger partial charge in [0, 0.05) is 20.3 Å². The van der Waals surface area contributed by atoms with Gasteiger partial charge < -0.3 is 14.8 Å². The molecule has 0 fully saturated rings. The molecule has 0 aromatic carbocycles. The van der Waals surface area contributed by atoms with Crippen LogP contribution in [0, 0.1) is 0 Å². The van der Waals surface area contributed by atoms with Gasteiger partial charge in [-0.2, -0.15) is 5.10 Å². The Labute approximate surface area is 96.0 Å². The summed E-state index contributed by atoms with van der Waals surface area (Å²) in [5.41, 5.74) is 0. The minimum Gasteiger partial charge on any atom is -0.382 e. The number of methoxy groups -OCH3 is 1. The number of nitrogens with one attached hydrogen (secondary N) is 1. The second-order valence-electron chi connectivity index (χ2n) is 3.39. The zero-order chi connectivity index (χ0) is 11.6. The number of rotatable bonds is 9. The second-order valence-corrected chi connectivity index (χ2v) is 3.39. The molecule has 0 spiro atoms. The van der Waals surface area contributed by atoms with E-state index in [1.807, 2.05) is 11.7 Å². The molecule has 0 aliphatic heterocycles. The Kier molecular flexibility index (Phi) is 6.71. The van der Waals surface area contributed by atoms with E-state index >= 15 is 0 Å². The summed E-state index contributed by atoms with van der Waals surface area (Å²) < 4.78 is 12.2. The van der Waals surface area contributed by atoms with Crippen molar-refractivity contribution in [1.82, 2.24) is 20.1 Å². The topological polar surface area (TPSA) is 61.2 Å². The fourth-order valence-electron chi connectivity index (χ4n) is 1.33. The molecule has 6 nitrogen and oxygen atoms in total. The third-order valence-electron chi connectivity index (χ3n) is 2.12. The van der Waals surface area contributed by atoms with Gasteiger partial charge in [0.1, 0.15) is 12.2 Å². The third kappa shape index (κ3) is 4.69. The van der Waals surface area contributed by atoms with Gasteiger partial charge >= 0.3 is 0 Å². The molecule has 0 aliphatic carbocycles. The van der Waals surface area contributed by atoms with Crippen LogP contribution in [0.1, 0.15) is 12.2 Å². The van der Waals surface area contributed by atoms with Gasteiger partial charge in [-0.15, -0.1) is 0 Å². The van der Waals surface area contributed by atoms with E-state index < -0.39 is 0 Å². The van der Waals surface area contributed by atoms with Crippen molar-refractivity contribution in [3.63, 3.8) is 0 Å². The zero-order valence-electron chi connectivity index (χ0n) is 9.98. The number of hydrogen-bond acceptors (Lipinski definition) is 5. The summed E-state index contributed by atoms with van der Waals surface area (Å²) in [6.45, 7) is 3.60. The highest BCUT2D eigenvalue weighted by Crippen LogP contribution is 1.96. The summed E-state index contributed by atoms with van der Waals surface area (Å²) in [5.74, 6) is 0.958. The maximum Gasteiger partial charge on any atom is 0.140 e. The first-order chi connectivity index (χ1) is 7.88. The SMILES string of the molecule is CNCc1ncnn1CCCOCCOC. The van der Waals surface area contributed by atoms with Crippen LogP contribution in [0.5, 0.6) is 0 Å². The van der Waals surface area contributed by atoms with Gasteiger partial charge in [-0.25, -0.2) is 9.67 Å². The molecular weight excluding hydrogens is 208 g/mol. The molecule has 0 amide bonds. The number of nitrogens with zero attached hydrogens (tertiary/aromatic N) is 3. The van der Waals surface area contributed by atoms with E-state index in [1.54, 1.807) is 13.4 Å². The fraction of sp³-hybridized carbons (Fsp3) is 0.800. The van der Waals surface area contributed by atoms with E-state index in [0.29, 0.717) is 13.2 Å². The summed E-state index contributed by atoms with van der Waals surface area (Å²) in [4.78, 5) is 4.16. The quantitative estimate of drug-likeness (QED) is 0.605.